The first-order valence-corrected chi connectivity index (χ1v) is 42.5. The Morgan fingerprint density at radius 3 is 0.800 bits per heavy atom. The van der Waals surface area contributed by atoms with Gasteiger partial charge in [-0.1, -0.05) is 343 Å². The monoisotopic (exact) mass is 1400 g/mol. The van der Waals surface area contributed by atoms with Crippen LogP contribution in [0, 0.1) is 11.8 Å². The molecular formula is C76H148O17P2. The van der Waals surface area contributed by atoms with E-state index in [9.17, 15) is 43.2 Å². The molecule has 0 saturated heterocycles. The molecule has 0 radical (unpaired) electrons. The molecule has 6 atom stereocenters. The molecule has 3 unspecified atom stereocenters. The quantitative estimate of drug-likeness (QED) is 0.0222. The number of phosphoric acid groups is 2. The second kappa shape index (κ2) is 67.9. The zero-order chi connectivity index (χ0) is 70.0. The molecule has 564 valence electrons. The molecule has 0 aromatic carbocycles. The first-order chi connectivity index (χ1) is 45.9. The fourth-order valence-corrected chi connectivity index (χ4v) is 13.2. The summed E-state index contributed by atoms with van der Waals surface area (Å²) in [4.78, 5) is 72.7. The largest absolute Gasteiger partial charge is 0.472 e. The number of aliphatic hydroxyl groups excluding tert-OH is 1. The third kappa shape index (κ3) is 69.0. The van der Waals surface area contributed by atoms with Crippen LogP contribution in [0.3, 0.4) is 0 Å². The minimum Gasteiger partial charge on any atom is -0.462 e. The molecule has 0 aliphatic heterocycles. The van der Waals surface area contributed by atoms with Crippen molar-refractivity contribution >= 4 is 39.5 Å². The van der Waals surface area contributed by atoms with E-state index in [4.69, 9.17) is 37.0 Å². The average molecular weight is 1400 g/mol. The minimum absolute atomic E-state index is 0.103. The summed E-state index contributed by atoms with van der Waals surface area (Å²) >= 11 is 0. The second-order valence-electron chi connectivity index (χ2n) is 28.1. The van der Waals surface area contributed by atoms with Gasteiger partial charge in [-0.25, -0.2) is 9.13 Å². The second-order valence-corrected chi connectivity index (χ2v) is 31.0. The Hall–Kier alpha value is -1.94. The highest BCUT2D eigenvalue weighted by Gasteiger charge is 2.30. The summed E-state index contributed by atoms with van der Waals surface area (Å²) in [7, 11) is -9.91. The zero-order valence-corrected chi connectivity index (χ0v) is 63.8. The van der Waals surface area contributed by atoms with Gasteiger partial charge < -0.3 is 33.8 Å². The van der Waals surface area contributed by atoms with Crippen molar-refractivity contribution in [3.05, 3.63) is 0 Å². The van der Waals surface area contributed by atoms with E-state index in [1.54, 1.807) is 0 Å². The van der Waals surface area contributed by atoms with E-state index >= 15 is 0 Å². The van der Waals surface area contributed by atoms with Crippen LogP contribution >= 0.6 is 15.6 Å². The molecule has 0 aliphatic carbocycles. The molecule has 0 aliphatic rings. The molecule has 0 aromatic rings. The summed E-state index contributed by atoms with van der Waals surface area (Å²) in [5, 5.41) is 10.6. The molecule has 0 bridgehead atoms. The maximum Gasteiger partial charge on any atom is 0.472 e. The topological polar surface area (TPSA) is 237 Å². The lowest BCUT2D eigenvalue weighted by atomic mass is 10.00. The lowest BCUT2D eigenvalue weighted by molar-refractivity contribution is -0.161. The van der Waals surface area contributed by atoms with Crippen LogP contribution < -0.4 is 0 Å². The van der Waals surface area contributed by atoms with Gasteiger partial charge in [-0.15, -0.1) is 0 Å². The van der Waals surface area contributed by atoms with E-state index in [1.165, 1.54) is 212 Å². The van der Waals surface area contributed by atoms with Crippen molar-refractivity contribution in [2.45, 2.75) is 413 Å². The fourth-order valence-electron chi connectivity index (χ4n) is 11.6. The third-order valence-corrected chi connectivity index (χ3v) is 20.0. The molecule has 3 N–H and O–H groups in total. The van der Waals surface area contributed by atoms with Crippen LogP contribution in [0.2, 0.25) is 0 Å². The lowest BCUT2D eigenvalue weighted by Crippen LogP contribution is -2.30. The van der Waals surface area contributed by atoms with Crippen LogP contribution in [0.25, 0.3) is 0 Å². The van der Waals surface area contributed by atoms with Crippen molar-refractivity contribution in [3.8, 4) is 0 Å². The Morgan fingerprint density at radius 1 is 0.305 bits per heavy atom. The highest BCUT2D eigenvalue weighted by molar-refractivity contribution is 7.47. The fraction of sp³-hybridized carbons (Fsp3) is 0.947. The first kappa shape index (κ1) is 93.1. The van der Waals surface area contributed by atoms with Gasteiger partial charge in [0.05, 0.1) is 26.4 Å². The van der Waals surface area contributed by atoms with Crippen molar-refractivity contribution in [1.29, 1.82) is 0 Å². The summed E-state index contributed by atoms with van der Waals surface area (Å²) in [6.45, 7) is 9.56. The Labute approximate surface area is 581 Å². The summed E-state index contributed by atoms with van der Waals surface area (Å²) in [5.74, 6) is -0.597. The lowest BCUT2D eigenvalue weighted by Gasteiger charge is -2.21. The summed E-state index contributed by atoms with van der Waals surface area (Å²) in [6, 6.07) is 0. The van der Waals surface area contributed by atoms with E-state index in [2.05, 4.69) is 41.5 Å². The number of carbonyl (C=O) groups excluding carboxylic acids is 4. The van der Waals surface area contributed by atoms with Crippen LogP contribution in [0.15, 0.2) is 0 Å². The minimum atomic E-state index is -4.96. The van der Waals surface area contributed by atoms with Gasteiger partial charge in [0.1, 0.15) is 19.3 Å². The number of phosphoric ester groups is 2. The number of hydrogen-bond donors (Lipinski definition) is 3. The average Bonchev–Trinajstić information content (AvgIpc) is 1.94. The van der Waals surface area contributed by atoms with Crippen LogP contribution in [0.5, 0.6) is 0 Å². The number of carbonyl (C=O) groups is 4. The molecule has 17 nitrogen and oxygen atoms in total. The Bertz CT molecular complexity index is 1840. The van der Waals surface area contributed by atoms with E-state index in [0.717, 1.165) is 102 Å². The number of hydrogen-bond acceptors (Lipinski definition) is 15. The van der Waals surface area contributed by atoms with Crippen molar-refractivity contribution in [1.82, 2.24) is 0 Å². The van der Waals surface area contributed by atoms with Crippen LogP contribution in [0.1, 0.15) is 395 Å². The van der Waals surface area contributed by atoms with Crippen molar-refractivity contribution < 1.29 is 80.2 Å². The molecule has 0 spiro atoms. The van der Waals surface area contributed by atoms with Crippen LogP contribution in [0.4, 0.5) is 0 Å². The number of rotatable bonds is 75. The summed E-state index contributed by atoms with van der Waals surface area (Å²) < 4.78 is 68.4. The van der Waals surface area contributed by atoms with Gasteiger partial charge in [-0.2, -0.15) is 0 Å². The Morgan fingerprint density at radius 2 is 0.537 bits per heavy atom. The van der Waals surface area contributed by atoms with Crippen molar-refractivity contribution in [2.75, 3.05) is 39.6 Å². The van der Waals surface area contributed by atoms with Gasteiger partial charge >= 0.3 is 39.5 Å². The van der Waals surface area contributed by atoms with Gasteiger partial charge in [0, 0.05) is 25.7 Å². The summed E-state index contributed by atoms with van der Waals surface area (Å²) in [5.41, 5.74) is 0. The molecule has 0 aromatic heterocycles. The van der Waals surface area contributed by atoms with Gasteiger partial charge in [0.15, 0.2) is 12.2 Å². The van der Waals surface area contributed by atoms with E-state index in [0.29, 0.717) is 25.7 Å². The third-order valence-electron chi connectivity index (χ3n) is 18.1. The number of esters is 4. The number of ether oxygens (including phenoxy) is 4. The van der Waals surface area contributed by atoms with E-state index in [-0.39, 0.29) is 25.7 Å². The molecular weight excluding hydrogens is 1250 g/mol. The predicted molar refractivity (Wildman–Crippen MR) is 386 cm³/mol. The van der Waals surface area contributed by atoms with Gasteiger partial charge in [-0.05, 0) is 37.5 Å². The molecule has 0 heterocycles. The van der Waals surface area contributed by atoms with Gasteiger partial charge in [0.2, 0.25) is 0 Å². The van der Waals surface area contributed by atoms with E-state index < -0.39 is 97.5 Å². The van der Waals surface area contributed by atoms with Crippen LogP contribution in [-0.4, -0.2) is 96.7 Å². The number of unbranched alkanes of at least 4 members (excludes halogenated alkanes) is 44. The van der Waals surface area contributed by atoms with Gasteiger partial charge in [0.25, 0.3) is 0 Å². The predicted octanol–water partition coefficient (Wildman–Crippen LogP) is 22.3. The highest BCUT2D eigenvalue weighted by Crippen LogP contribution is 2.45. The summed E-state index contributed by atoms with van der Waals surface area (Å²) in [6.07, 6.45) is 55.6. The van der Waals surface area contributed by atoms with Crippen LogP contribution in [-0.2, 0) is 65.4 Å². The standard InChI is InChI=1S/C76H148O17P2/c1-7-10-12-14-16-18-19-20-21-22-23-26-29-32-36-40-47-53-59-74(79)87-64-71(92-75(80)60-54-48-41-37-33-30-27-24-25-28-31-35-38-44-50-56-68(4)5)66-90-94(82,83)88-62-70(77)63-89-95(84,85)91-67-72(65-86-73(78)58-52-46-39-34-17-15-13-11-8-2)93-76(81)61-55-49-43-42-45-51-57-69(6)9-3/h68-72,77H,7-67H2,1-6H3,(H,82,83)(H,84,85)/t69?,70-,71-,72-/m1/s1. The molecule has 0 amide bonds. The molecule has 0 rings (SSSR count). The Kier molecular flexibility index (Phi) is 66.5. The number of aliphatic hydroxyl groups is 1. The van der Waals surface area contributed by atoms with Crippen molar-refractivity contribution in [3.63, 3.8) is 0 Å². The normalized spacial score (nSPS) is 14.3. The molecule has 19 heteroatoms. The maximum atomic E-state index is 13.1. The zero-order valence-electron chi connectivity index (χ0n) is 62.0. The molecule has 0 saturated carbocycles. The molecule has 95 heavy (non-hydrogen) atoms. The first-order valence-electron chi connectivity index (χ1n) is 39.5. The maximum absolute atomic E-state index is 13.1. The van der Waals surface area contributed by atoms with E-state index in [1.807, 2.05) is 0 Å². The van der Waals surface area contributed by atoms with Gasteiger partial charge in [-0.3, -0.25) is 37.3 Å². The highest BCUT2D eigenvalue weighted by atomic mass is 31.2. The smallest absolute Gasteiger partial charge is 0.462 e. The van der Waals surface area contributed by atoms with Crippen molar-refractivity contribution in [2.24, 2.45) is 11.8 Å². The SMILES string of the molecule is CCCCCCCCCCCCCCCCCCCCC(=O)OC[C@H](COP(=O)(O)OC[C@@H](O)COP(=O)(O)OC[C@@H](COC(=O)CCCCCCCCCCC)OC(=O)CCCCCCCCC(C)CC)OC(=O)CCCCCCCCCCCCCCCCCC(C)C. The molecule has 0 fully saturated rings. The Balaban J connectivity index is 5.20.